The Hall–Kier alpha value is -3.35. The molecule has 2 unspecified atom stereocenters. The molecule has 0 saturated carbocycles. The molecule has 2 atom stereocenters. The lowest BCUT2D eigenvalue weighted by atomic mass is 9.88. The number of anilines is 1. The van der Waals surface area contributed by atoms with Crippen LogP contribution in [0.2, 0.25) is 0 Å². The van der Waals surface area contributed by atoms with Gasteiger partial charge in [-0.3, -0.25) is 13.6 Å². The molecule has 0 N–H and O–H groups in total. The summed E-state index contributed by atoms with van der Waals surface area (Å²) in [6, 6.07) is 1.59. The summed E-state index contributed by atoms with van der Waals surface area (Å²) in [4.78, 5) is 22.9. The first kappa shape index (κ1) is 23.4. The topological polar surface area (TPSA) is 101 Å². The van der Waals surface area contributed by atoms with Gasteiger partial charge in [0, 0.05) is 59.9 Å². The molecule has 13 heteroatoms. The second-order valence-corrected chi connectivity index (χ2v) is 11.4. The van der Waals surface area contributed by atoms with Crippen LogP contribution in [0.3, 0.4) is 0 Å². The van der Waals surface area contributed by atoms with Crippen molar-refractivity contribution >= 4 is 27.4 Å². The zero-order valence-corrected chi connectivity index (χ0v) is 19.9. The third-order valence-electron chi connectivity index (χ3n) is 5.86. The molecular formula is C22H23F3N8OS. The Morgan fingerprint density at radius 3 is 2.69 bits per heavy atom. The highest BCUT2D eigenvalue weighted by Crippen LogP contribution is 2.31. The standard InChI is InChI=1S/C22H23F3N8OS/c1-35(2,34)31-16-7-15(14-3-5-26-8-14)11-32(12-16)19-4-6-27-21(30-19)17-9-29-20-10-28-18(13-33(17)20)22(23,24)25/h3-4,6,8-10,13,15-16H,5,7,11-12H2,1-2H3. The molecule has 5 rings (SSSR count). The van der Waals surface area contributed by atoms with E-state index in [0.717, 1.165) is 24.4 Å². The molecule has 5 heterocycles. The van der Waals surface area contributed by atoms with Crippen LogP contribution in [-0.2, 0) is 15.9 Å². The highest BCUT2D eigenvalue weighted by atomic mass is 32.2. The van der Waals surface area contributed by atoms with E-state index in [4.69, 9.17) is 0 Å². The summed E-state index contributed by atoms with van der Waals surface area (Å²) in [7, 11) is -2.31. The van der Waals surface area contributed by atoms with Crippen molar-refractivity contribution in [2.24, 2.45) is 15.3 Å². The molecule has 2 aliphatic heterocycles. The number of rotatable bonds is 4. The molecule has 35 heavy (non-hydrogen) atoms. The number of alkyl halides is 3. The monoisotopic (exact) mass is 504 g/mol. The van der Waals surface area contributed by atoms with E-state index in [1.165, 1.54) is 10.6 Å². The number of fused-ring (bicyclic) bond motifs is 1. The van der Waals surface area contributed by atoms with Crippen molar-refractivity contribution in [1.82, 2.24) is 24.3 Å². The maximum atomic E-state index is 13.2. The van der Waals surface area contributed by atoms with Crippen LogP contribution in [0.25, 0.3) is 17.2 Å². The van der Waals surface area contributed by atoms with Crippen LogP contribution >= 0.6 is 0 Å². The van der Waals surface area contributed by atoms with Crippen LogP contribution in [0.5, 0.6) is 0 Å². The molecule has 0 bridgehead atoms. The first-order valence-electron chi connectivity index (χ1n) is 10.9. The molecular weight excluding hydrogens is 481 g/mol. The normalized spacial score (nSPS) is 20.9. The Morgan fingerprint density at radius 1 is 1.14 bits per heavy atom. The fourth-order valence-electron chi connectivity index (χ4n) is 4.43. The molecule has 3 aromatic rings. The van der Waals surface area contributed by atoms with Gasteiger partial charge >= 0.3 is 6.18 Å². The van der Waals surface area contributed by atoms with Crippen LogP contribution in [0.15, 0.2) is 51.9 Å². The van der Waals surface area contributed by atoms with Crippen molar-refractivity contribution in [3.63, 3.8) is 0 Å². The molecule has 2 aliphatic rings. The van der Waals surface area contributed by atoms with E-state index < -0.39 is 21.6 Å². The van der Waals surface area contributed by atoms with Crippen LogP contribution < -0.4 is 4.90 Å². The minimum absolute atomic E-state index is 0.139. The predicted octanol–water partition coefficient (Wildman–Crippen LogP) is 3.14. The minimum Gasteiger partial charge on any atom is -0.354 e. The summed E-state index contributed by atoms with van der Waals surface area (Å²) in [5.74, 6) is 0.982. The highest BCUT2D eigenvalue weighted by molar-refractivity contribution is 7.92. The molecule has 0 aromatic carbocycles. The lowest BCUT2D eigenvalue weighted by molar-refractivity contribution is -0.141. The lowest BCUT2D eigenvalue weighted by Gasteiger charge is -2.37. The number of halogens is 3. The van der Waals surface area contributed by atoms with Gasteiger partial charge in [-0.2, -0.15) is 13.2 Å². The summed E-state index contributed by atoms with van der Waals surface area (Å²) in [5.41, 5.74) is 0.669. The SMILES string of the molecule is CS(C)(=O)=NC1CC(C2=CCN=C2)CN(c2ccnc(-c3cnc4cnc(C(F)(F)F)cn34)n2)C1. The van der Waals surface area contributed by atoms with E-state index in [2.05, 4.69) is 40.3 Å². The number of aromatic nitrogens is 5. The smallest absolute Gasteiger partial charge is 0.354 e. The second kappa shape index (κ2) is 8.70. The van der Waals surface area contributed by atoms with E-state index in [1.54, 1.807) is 24.8 Å². The van der Waals surface area contributed by atoms with E-state index in [1.807, 2.05) is 6.21 Å². The Morgan fingerprint density at radius 2 is 1.97 bits per heavy atom. The van der Waals surface area contributed by atoms with Crippen LogP contribution in [0.4, 0.5) is 19.0 Å². The third kappa shape index (κ3) is 5.04. The molecule has 0 aliphatic carbocycles. The van der Waals surface area contributed by atoms with Crippen LogP contribution in [-0.4, -0.2) is 72.9 Å². The number of imidazole rings is 1. The fraction of sp³-hybridized carbons (Fsp3) is 0.409. The van der Waals surface area contributed by atoms with Gasteiger partial charge in [0.1, 0.15) is 11.5 Å². The van der Waals surface area contributed by atoms with E-state index in [0.29, 0.717) is 31.1 Å². The van der Waals surface area contributed by atoms with Gasteiger partial charge in [0.05, 0.1) is 25.0 Å². The first-order chi connectivity index (χ1) is 16.6. The van der Waals surface area contributed by atoms with Gasteiger partial charge in [0.25, 0.3) is 0 Å². The summed E-state index contributed by atoms with van der Waals surface area (Å²) < 4.78 is 57.9. The molecule has 3 aromatic heterocycles. The summed E-state index contributed by atoms with van der Waals surface area (Å²) >= 11 is 0. The first-order valence-corrected chi connectivity index (χ1v) is 13.2. The van der Waals surface area contributed by atoms with E-state index in [-0.39, 0.29) is 23.4 Å². The Bertz CT molecular complexity index is 1440. The lowest BCUT2D eigenvalue weighted by Crippen LogP contribution is -2.44. The van der Waals surface area contributed by atoms with Gasteiger partial charge in [0.2, 0.25) is 0 Å². The maximum Gasteiger partial charge on any atom is 0.434 e. The predicted molar refractivity (Wildman–Crippen MR) is 127 cm³/mol. The molecule has 0 radical (unpaired) electrons. The van der Waals surface area contributed by atoms with Gasteiger partial charge in [-0.25, -0.2) is 24.3 Å². The average Bonchev–Trinajstić information content (AvgIpc) is 3.47. The Labute approximate surface area is 200 Å². The fourth-order valence-corrected chi connectivity index (χ4v) is 5.30. The Kier molecular flexibility index (Phi) is 5.82. The molecule has 1 fully saturated rings. The van der Waals surface area contributed by atoms with Crippen molar-refractivity contribution in [2.75, 3.05) is 37.0 Å². The van der Waals surface area contributed by atoms with E-state index in [9.17, 15) is 17.4 Å². The number of hydrogen-bond acceptors (Lipinski definition) is 8. The van der Waals surface area contributed by atoms with Crippen molar-refractivity contribution in [1.29, 1.82) is 0 Å². The maximum absolute atomic E-state index is 13.2. The van der Waals surface area contributed by atoms with Gasteiger partial charge in [-0.15, -0.1) is 0 Å². The summed E-state index contributed by atoms with van der Waals surface area (Å²) in [5, 5.41) is 0. The van der Waals surface area contributed by atoms with Crippen LogP contribution in [0.1, 0.15) is 12.1 Å². The van der Waals surface area contributed by atoms with Gasteiger partial charge in [-0.05, 0) is 18.1 Å². The molecule has 0 amide bonds. The van der Waals surface area contributed by atoms with Gasteiger partial charge in [-0.1, -0.05) is 6.08 Å². The molecule has 184 valence electrons. The third-order valence-corrected chi connectivity index (χ3v) is 6.66. The summed E-state index contributed by atoms with van der Waals surface area (Å²) in [6.45, 7) is 1.82. The number of hydrogen-bond donors (Lipinski definition) is 0. The van der Waals surface area contributed by atoms with Crippen LogP contribution in [0, 0.1) is 5.92 Å². The average molecular weight is 505 g/mol. The number of nitrogens with zero attached hydrogens (tertiary/aromatic N) is 8. The zero-order valence-electron chi connectivity index (χ0n) is 19.1. The zero-order chi connectivity index (χ0) is 24.8. The van der Waals surface area contributed by atoms with Crippen molar-refractivity contribution in [2.45, 2.75) is 18.6 Å². The van der Waals surface area contributed by atoms with Gasteiger partial charge in [0.15, 0.2) is 17.2 Å². The second-order valence-electron chi connectivity index (χ2n) is 8.86. The largest absolute Gasteiger partial charge is 0.434 e. The quantitative estimate of drug-likeness (QED) is 0.541. The van der Waals surface area contributed by atoms with Crippen molar-refractivity contribution in [3.8, 4) is 11.5 Å². The van der Waals surface area contributed by atoms with E-state index >= 15 is 0 Å². The number of piperidine rings is 1. The summed E-state index contributed by atoms with van der Waals surface area (Å²) in [6.07, 6.45) is 8.32. The molecule has 0 spiro atoms. The van der Waals surface area contributed by atoms with Gasteiger partial charge < -0.3 is 4.90 Å². The Balaban J connectivity index is 1.51. The minimum atomic E-state index is -4.59. The van der Waals surface area contributed by atoms with Crippen molar-refractivity contribution in [3.05, 3.63) is 48.2 Å². The highest BCUT2D eigenvalue weighted by Gasteiger charge is 2.34. The number of aliphatic imine (C=N–C) groups is 1. The van der Waals surface area contributed by atoms with Crippen molar-refractivity contribution < 1.29 is 17.4 Å². The molecule has 1 saturated heterocycles. The molecule has 9 nitrogen and oxygen atoms in total.